The van der Waals surface area contributed by atoms with E-state index < -0.39 is 10.0 Å². The van der Waals surface area contributed by atoms with Crippen molar-refractivity contribution >= 4 is 38.9 Å². The van der Waals surface area contributed by atoms with Crippen molar-refractivity contribution in [2.24, 2.45) is 5.14 Å². The average Bonchev–Trinajstić information content (AvgIpc) is 2.84. The number of halogens is 1. The number of thiophene rings is 1. The van der Waals surface area contributed by atoms with Gasteiger partial charge in [-0.15, -0.1) is 11.3 Å². The summed E-state index contributed by atoms with van der Waals surface area (Å²) in [5, 5.41) is 8.18. The third kappa shape index (κ3) is 3.80. The van der Waals surface area contributed by atoms with Crippen LogP contribution in [0.1, 0.15) is 15.2 Å². The molecule has 106 valence electrons. The van der Waals surface area contributed by atoms with Crippen LogP contribution < -0.4 is 10.5 Å². The van der Waals surface area contributed by atoms with Gasteiger partial charge in [0.15, 0.2) is 0 Å². The third-order valence-electron chi connectivity index (χ3n) is 2.43. The zero-order valence-corrected chi connectivity index (χ0v) is 12.6. The Morgan fingerprint density at radius 2 is 2.05 bits per heavy atom. The Kier molecular flexibility index (Phi) is 4.44. The van der Waals surface area contributed by atoms with E-state index in [4.69, 9.17) is 16.7 Å². The van der Waals surface area contributed by atoms with Crippen molar-refractivity contribution in [2.75, 3.05) is 0 Å². The van der Waals surface area contributed by atoms with E-state index in [0.717, 1.165) is 11.3 Å². The number of nitrogens with one attached hydrogen (secondary N) is 1. The van der Waals surface area contributed by atoms with Crippen LogP contribution >= 0.6 is 22.9 Å². The van der Waals surface area contributed by atoms with Crippen LogP contribution in [0.4, 0.5) is 0 Å². The largest absolute Gasteiger partial charge is 0.347 e. The number of amides is 1. The molecule has 2 aromatic rings. The maximum absolute atomic E-state index is 11.9. The first-order valence-corrected chi connectivity index (χ1v) is 8.25. The molecule has 0 spiro atoms. The fraction of sp³-hybridized carbons (Fsp3) is 0.0833. The summed E-state index contributed by atoms with van der Waals surface area (Å²) in [5.41, 5.74) is 0.445. The second-order valence-electron chi connectivity index (χ2n) is 3.96. The van der Waals surface area contributed by atoms with E-state index in [-0.39, 0.29) is 16.7 Å². The summed E-state index contributed by atoms with van der Waals surface area (Å²) >= 11 is 6.83. The number of hydrogen-bond donors (Lipinski definition) is 2. The topological polar surface area (TPSA) is 89.3 Å². The SMILES string of the molecule is NS(=O)(=O)c1ccc(CNC(=O)c2cccc(Cl)c2)s1. The summed E-state index contributed by atoms with van der Waals surface area (Å²) in [5.74, 6) is -0.280. The summed E-state index contributed by atoms with van der Waals surface area (Å²) in [6.45, 7) is 0.228. The molecule has 0 aliphatic heterocycles. The minimum Gasteiger partial charge on any atom is -0.347 e. The molecule has 1 aromatic carbocycles. The van der Waals surface area contributed by atoms with Crippen LogP contribution in [-0.2, 0) is 16.6 Å². The molecule has 1 amide bonds. The molecule has 5 nitrogen and oxygen atoms in total. The number of sulfonamides is 1. The molecule has 8 heteroatoms. The predicted octanol–water partition coefficient (Wildman–Crippen LogP) is 1.98. The number of carbonyl (C=O) groups is 1. The summed E-state index contributed by atoms with van der Waals surface area (Å²) in [4.78, 5) is 12.6. The maximum Gasteiger partial charge on any atom is 0.251 e. The van der Waals surface area contributed by atoms with Crippen molar-refractivity contribution in [1.82, 2.24) is 5.32 Å². The zero-order valence-electron chi connectivity index (χ0n) is 10.2. The molecule has 0 saturated heterocycles. The van der Waals surface area contributed by atoms with Gasteiger partial charge in [-0.1, -0.05) is 17.7 Å². The summed E-state index contributed by atoms with van der Waals surface area (Å²) in [6, 6.07) is 9.59. The smallest absolute Gasteiger partial charge is 0.251 e. The lowest BCUT2D eigenvalue weighted by atomic mass is 10.2. The summed E-state index contributed by atoms with van der Waals surface area (Å²) < 4.78 is 22.3. The molecule has 2 rings (SSSR count). The molecule has 0 bridgehead atoms. The fourth-order valence-electron chi connectivity index (χ4n) is 1.51. The van der Waals surface area contributed by atoms with E-state index in [1.807, 2.05) is 0 Å². The molecule has 0 saturated carbocycles. The van der Waals surface area contributed by atoms with Crippen molar-refractivity contribution in [3.05, 3.63) is 51.9 Å². The van der Waals surface area contributed by atoms with Crippen molar-refractivity contribution in [1.29, 1.82) is 0 Å². The number of nitrogens with two attached hydrogens (primary N) is 1. The van der Waals surface area contributed by atoms with Gasteiger partial charge in [0.25, 0.3) is 5.91 Å². The highest BCUT2D eigenvalue weighted by Crippen LogP contribution is 2.20. The second-order valence-corrected chi connectivity index (χ2v) is 7.35. The van der Waals surface area contributed by atoms with E-state index in [1.54, 1.807) is 30.3 Å². The number of rotatable bonds is 4. The van der Waals surface area contributed by atoms with Crippen LogP contribution in [0.2, 0.25) is 5.02 Å². The summed E-state index contributed by atoms with van der Waals surface area (Å²) in [7, 11) is -3.69. The minimum absolute atomic E-state index is 0.0736. The van der Waals surface area contributed by atoms with Gasteiger partial charge in [0.05, 0.1) is 6.54 Å². The molecular weight excluding hydrogens is 320 g/mol. The molecular formula is C12H11ClN2O3S2. The predicted molar refractivity (Wildman–Crippen MR) is 78.3 cm³/mol. The first-order chi connectivity index (χ1) is 9.36. The van der Waals surface area contributed by atoms with E-state index in [1.165, 1.54) is 6.07 Å². The Bertz CT molecular complexity index is 741. The van der Waals surface area contributed by atoms with Gasteiger partial charge in [-0.25, -0.2) is 13.6 Å². The first-order valence-electron chi connectivity index (χ1n) is 5.51. The Morgan fingerprint density at radius 1 is 1.30 bits per heavy atom. The third-order valence-corrected chi connectivity index (χ3v) is 5.19. The van der Waals surface area contributed by atoms with Gasteiger partial charge in [0.2, 0.25) is 10.0 Å². The summed E-state index contributed by atoms with van der Waals surface area (Å²) in [6.07, 6.45) is 0. The molecule has 0 atom stereocenters. The van der Waals surface area contributed by atoms with Crippen LogP contribution in [0.15, 0.2) is 40.6 Å². The van der Waals surface area contributed by atoms with E-state index >= 15 is 0 Å². The van der Waals surface area contributed by atoms with Crippen molar-refractivity contribution < 1.29 is 13.2 Å². The van der Waals surface area contributed by atoms with Gasteiger partial charge in [-0.2, -0.15) is 0 Å². The molecule has 1 heterocycles. The monoisotopic (exact) mass is 330 g/mol. The standard InChI is InChI=1S/C12H11ClN2O3S2/c13-9-3-1-2-8(6-9)12(16)15-7-10-4-5-11(19-10)20(14,17)18/h1-6H,7H2,(H,15,16)(H2,14,17,18). The number of carbonyl (C=O) groups excluding carboxylic acids is 1. The van der Waals surface area contributed by atoms with Crippen LogP contribution in [0.5, 0.6) is 0 Å². The Morgan fingerprint density at radius 3 is 2.65 bits per heavy atom. The molecule has 1 aromatic heterocycles. The van der Waals surface area contributed by atoms with Crippen molar-refractivity contribution in [2.45, 2.75) is 10.8 Å². The molecule has 0 unspecified atom stereocenters. The van der Waals surface area contributed by atoms with Gasteiger partial charge < -0.3 is 5.32 Å². The molecule has 0 aliphatic carbocycles. The van der Waals surface area contributed by atoms with Gasteiger partial charge >= 0.3 is 0 Å². The highest BCUT2D eigenvalue weighted by atomic mass is 35.5. The lowest BCUT2D eigenvalue weighted by Gasteiger charge is -2.03. The molecule has 20 heavy (non-hydrogen) atoms. The van der Waals surface area contributed by atoms with Gasteiger partial charge in [-0.05, 0) is 30.3 Å². The van der Waals surface area contributed by atoms with Crippen molar-refractivity contribution in [3.63, 3.8) is 0 Å². The highest BCUT2D eigenvalue weighted by molar-refractivity contribution is 7.91. The molecule has 0 fully saturated rings. The molecule has 0 aliphatic rings. The number of primary sulfonamides is 1. The average molecular weight is 331 g/mol. The highest BCUT2D eigenvalue weighted by Gasteiger charge is 2.12. The Balaban J connectivity index is 2.02. The van der Waals surface area contributed by atoms with Crippen LogP contribution in [0.3, 0.4) is 0 Å². The first kappa shape index (κ1) is 15.0. The Labute approximate surface area is 125 Å². The zero-order chi connectivity index (χ0) is 14.8. The maximum atomic E-state index is 11.9. The van der Waals surface area contributed by atoms with E-state index in [0.29, 0.717) is 15.5 Å². The quantitative estimate of drug-likeness (QED) is 0.898. The lowest BCUT2D eigenvalue weighted by Crippen LogP contribution is -2.22. The van der Waals surface area contributed by atoms with Crippen LogP contribution in [0.25, 0.3) is 0 Å². The van der Waals surface area contributed by atoms with Crippen LogP contribution in [0, 0.1) is 0 Å². The normalized spacial score (nSPS) is 11.3. The fourth-order valence-corrected chi connectivity index (χ4v) is 3.41. The van der Waals surface area contributed by atoms with E-state index in [9.17, 15) is 13.2 Å². The number of hydrogen-bond acceptors (Lipinski definition) is 4. The molecule has 3 N–H and O–H groups in total. The molecule has 0 radical (unpaired) electrons. The van der Waals surface area contributed by atoms with Gasteiger partial charge in [0.1, 0.15) is 4.21 Å². The minimum atomic E-state index is -3.69. The van der Waals surface area contributed by atoms with E-state index in [2.05, 4.69) is 5.32 Å². The lowest BCUT2D eigenvalue weighted by molar-refractivity contribution is 0.0951. The van der Waals surface area contributed by atoms with Crippen molar-refractivity contribution in [3.8, 4) is 0 Å². The number of benzene rings is 1. The van der Waals surface area contributed by atoms with Crippen LogP contribution in [-0.4, -0.2) is 14.3 Å². The Hall–Kier alpha value is -1.41. The second kappa shape index (κ2) is 5.92. The van der Waals surface area contributed by atoms with Gasteiger partial charge in [0, 0.05) is 15.5 Å². The van der Waals surface area contributed by atoms with Gasteiger partial charge in [-0.3, -0.25) is 4.79 Å².